The number of hydrogen-bond donors (Lipinski definition) is 0. The minimum absolute atomic E-state index is 0.0340. The standard InChI is InChI=1S/C15H14FNO2/c1-3-13(18)12-8-7-11(9-17-12)19-14-6-4-5-10(2)15(14)16/h4-9H,3H2,1-2H3. The van der Waals surface area contributed by atoms with Crippen molar-refractivity contribution in [2.75, 3.05) is 0 Å². The lowest BCUT2D eigenvalue weighted by molar-refractivity contribution is 0.0983. The number of ketones is 1. The van der Waals surface area contributed by atoms with Crippen molar-refractivity contribution in [2.24, 2.45) is 0 Å². The van der Waals surface area contributed by atoms with Crippen molar-refractivity contribution < 1.29 is 13.9 Å². The van der Waals surface area contributed by atoms with E-state index in [2.05, 4.69) is 4.98 Å². The number of aromatic nitrogens is 1. The van der Waals surface area contributed by atoms with Crippen LogP contribution in [0.2, 0.25) is 0 Å². The number of carbonyl (C=O) groups is 1. The lowest BCUT2D eigenvalue weighted by Gasteiger charge is -2.08. The molecule has 0 unspecified atom stereocenters. The summed E-state index contributed by atoms with van der Waals surface area (Å²) in [5.41, 5.74) is 0.905. The number of Topliss-reactive ketones (excluding diaryl/α,β-unsaturated/α-hetero) is 1. The van der Waals surface area contributed by atoms with Crippen LogP contribution in [0, 0.1) is 12.7 Å². The Balaban J connectivity index is 2.20. The Hall–Kier alpha value is -2.23. The Kier molecular flexibility index (Phi) is 3.90. The Labute approximate surface area is 111 Å². The molecule has 0 amide bonds. The van der Waals surface area contributed by atoms with Crippen molar-refractivity contribution in [3.8, 4) is 11.5 Å². The van der Waals surface area contributed by atoms with Gasteiger partial charge >= 0.3 is 0 Å². The summed E-state index contributed by atoms with van der Waals surface area (Å²) in [7, 11) is 0. The van der Waals surface area contributed by atoms with Gasteiger partial charge in [-0.25, -0.2) is 9.37 Å². The minimum atomic E-state index is -0.392. The molecule has 0 atom stereocenters. The van der Waals surface area contributed by atoms with Crippen molar-refractivity contribution in [2.45, 2.75) is 20.3 Å². The summed E-state index contributed by atoms with van der Waals surface area (Å²) in [6, 6.07) is 8.12. The van der Waals surface area contributed by atoms with Gasteiger partial charge in [-0.1, -0.05) is 19.1 Å². The Morgan fingerprint density at radius 2 is 2.11 bits per heavy atom. The van der Waals surface area contributed by atoms with E-state index in [4.69, 9.17) is 4.74 Å². The maximum Gasteiger partial charge on any atom is 0.180 e. The van der Waals surface area contributed by atoms with E-state index in [-0.39, 0.29) is 11.5 Å². The van der Waals surface area contributed by atoms with Gasteiger partial charge in [0, 0.05) is 6.42 Å². The third kappa shape index (κ3) is 2.96. The fourth-order valence-corrected chi connectivity index (χ4v) is 1.61. The Morgan fingerprint density at radius 1 is 1.32 bits per heavy atom. The van der Waals surface area contributed by atoms with E-state index >= 15 is 0 Å². The molecule has 1 aromatic heterocycles. The number of hydrogen-bond acceptors (Lipinski definition) is 3. The van der Waals surface area contributed by atoms with Crippen molar-refractivity contribution in [1.29, 1.82) is 0 Å². The van der Waals surface area contributed by atoms with Crippen LogP contribution in [0.1, 0.15) is 29.4 Å². The first-order valence-corrected chi connectivity index (χ1v) is 6.04. The fourth-order valence-electron chi connectivity index (χ4n) is 1.61. The first-order valence-electron chi connectivity index (χ1n) is 6.04. The number of ether oxygens (including phenoxy) is 1. The molecular weight excluding hydrogens is 245 g/mol. The van der Waals surface area contributed by atoms with Crippen LogP contribution in [-0.4, -0.2) is 10.8 Å². The second-order valence-corrected chi connectivity index (χ2v) is 4.14. The lowest BCUT2D eigenvalue weighted by atomic mass is 10.2. The van der Waals surface area contributed by atoms with Gasteiger partial charge in [0.25, 0.3) is 0 Å². The molecule has 0 aliphatic carbocycles. The minimum Gasteiger partial charge on any atom is -0.453 e. The molecule has 0 saturated heterocycles. The van der Waals surface area contributed by atoms with Crippen LogP contribution < -0.4 is 4.74 Å². The molecule has 0 N–H and O–H groups in total. The van der Waals surface area contributed by atoms with E-state index in [1.807, 2.05) is 0 Å². The van der Waals surface area contributed by atoms with Crippen molar-refractivity contribution in [3.63, 3.8) is 0 Å². The van der Waals surface area contributed by atoms with Crippen molar-refractivity contribution >= 4 is 5.78 Å². The molecule has 2 rings (SSSR count). The number of carbonyl (C=O) groups excluding carboxylic acids is 1. The molecule has 0 aliphatic rings. The summed E-state index contributed by atoms with van der Waals surface area (Å²) in [4.78, 5) is 15.4. The molecule has 0 saturated carbocycles. The van der Waals surface area contributed by atoms with Crippen LogP contribution in [0.3, 0.4) is 0 Å². The predicted octanol–water partition coefficient (Wildman–Crippen LogP) is 3.91. The monoisotopic (exact) mass is 259 g/mol. The zero-order valence-electron chi connectivity index (χ0n) is 10.8. The van der Waals surface area contributed by atoms with Gasteiger partial charge in [0.2, 0.25) is 0 Å². The SMILES string of the molecule is CCC(=O)c1ccc(Oc2cccc(C)c2F)cn1. The van der Waals surface area contributed by atoms with Crippen molar-refractivity contribution in [3.05, 3.63) is 53.6 Å². The predicted molar refractivity (Wildman–Crippen MR) is 70.1 cm³/mol. The molecule has 0 bridgehead atoms. The third-order valence-electron chi connectivity index (χ3n) is 2.73. The molecule has 98 valence electrons. The average molecular weight is 259 g/mol. The second kappa shape index (κ2) is 5.61. The fraction of sp³-hybridized carbons (Fsp3) is 0.200. The topological polar surface area (TPSA) is 39.2 Å². The van der Waals surface area contributed by atoms with Gasteiger partial charge in [-0.2, -0.15) is 0 Å². The molecule has 3 nitrogen and oxygen atoms in total. The number of halogens is 1. The van der Waals surface area contributed by atoms with E-state index < -0.39 is 5.82 Å². The summed E-state index contributed by atoms with van der Waals surface area (Å²) in [5.74, 6) is 0.123. The second-order valence-electron chi connectivity index (χ2n) is 4.14. The van der Waals surface area contributed by atoms with Crippen LogP contribution in [0.5, 0.6) is 11.5 Å². The Morgan fingerprint density at radius 3 is 2.74 bits per heavy atom. The molecule has 2 aromatic rings. The molecule has 0 fully saturated rings. The van der Waals surface area contributed by atoms with E-state index in [0.717, 1.165) is 0 Å². The first-order chi connectivity index (χ1) is 9.11. The van der Waals surface area contributed by atoms with Crippen LogP contribution >= 0.6 is 0 Å². The molecule has 0 aliphatic heterocycles. The molecule has 19 heavy (non-hydrogen) atoms. The van der Waals surface area contributed by atoms with Gasteiger partial charge in [-0.05, 0) is 30.7 Å². The summed E-state index contributed by atoms with van der Waals surface area (Å²) in [5, 5.41) is 0. The molecule has 0 spiro atoms. The molecule has 1 heterocycles. The number of aryl methyl sites for hydroxylation is 1. The van der Waals surface area contributed by atoms with E-state index in [1.165, 1.54) is 6.20 Å². The zero-order valence-corrected chi connectivity index (χ0v) is 10.8. The summed E-state index contributed by atoms with van der Waals surface area (Å²) >= 11 is 0. The highest BCUT2D eigenvalue weighted by atomic mass is 19.1. The molecule has 1 aromatic carbocycles. The van der Waals surface area contributed by atoms with Crippen LogP contribution in [0.25, 0.3) is 0 Å². The van der Waals surface area contributed by atoms with E-state index in [1.54, 1.807) is 44.2 Å². The normalized spacial score (nSPS) is 10.3. The third-order valence-corrected chi connectivity index (χ3v) is 2.73. The highest BCUT2D eigenvalue weighted by molar-refractivity contribution is 5.93. The maximum absolute atomic E-state index is 13.7. The van der Waals surface area contributed by atoms with Gasteiger partial charge in [0.15, 0.2) is 17.3 Å². The zero-order chi connectivity index (χ0) is 13.8. The van der Waals surface area contributed by atoms with Crippen LogP contribution in [-0.2, 0) is 0 Å². The molecule has 4 heteroatoms. The highest BCUT2D eigenvalue weighted by Gasteiger charge is 2.08. The molecular formula is C15H14FNO2. The van der Waals surface area contributed by atoms with Gasteiger partial charge in [0.1, 0.15) is 11.4 Å². The Bertz CT molecular complexity index is 594. The van der Waals surface area contributed by atoms with E-state index in [0.29, 0.717) is 23.4 Å². The quantitative estimate of drug-likeness (QED) is 0.781. The maximum atomic E-state index is 13.7. The number of rotatable bonds is 4. The smallest absolute Gasteiger partial charge is 0.180 e. The lowest BCUT2D eigenvalue weighted by Crippen LogP contribution is -2.00. The largest absolute Gasteiger partial charge is 0.453 e. The van der Waals surface area contributed by atoms with Gasteiger partial charge in [-0.3, -0.25) is 4.79 Å². The van der Waals surface area contributed by atoms with Crippen molar-refractivity contribution in [1.82, 2.24) is 4.98 Å². The van der Waals surface area contributed by atoms with Gasteiger partial charge in [0.05, 0.1) is 6.20 Å². The van der Waals surface area contributed by atoms with E-state index in [9.17, 15) is 9.18 Å². The van der Waals surface area contributed by atoms with Crippen LogP contribution in [0.4, 0.5) is 4.39 Å². The summed E-state index contributed by atoms with van der Waals surface area (Å²) < 4.78 is 19.2. The summed E-state index contributed by atoms with van der Waals surface area (Å²) in [6.07, 6.45) is 1.82. The van der Waals surface area contributed by atoms with Crippen LogP contribution in [0.15, 0.2) is 36.5 Å². The number of nitrogens with zero attached hydrogens (tertiary/aromatic N) is 1. The van der Waals surface area contributed by atoms with Gasteiger partial charge < -0.3 is 4.74 Å². The number of pyridine rings is 1. The summed E-state index contributed by atoms with van der Waals surface area (Å²) in [6.45, 7) is 3.44. The average Bonchev–Trinajstić information content (AvgIpc) is 2.44. The molecule has 0 radical (unpaired) electrons. The van der Waals surface area contributed by atoms with Gasteiger partial charge in [-0.15, -0.1) is 0 Å². The highest BCUT2D eigenvalue weighted by Crippen LogP contribution is 2.25. The number of benzene rings is 1. The first kappa shape index (κ1) is 13.2.